The molecule has 1 heterocycles. The maximum Gasteiger partial charge on any atom is 0.230 e. The van der Waals surface area contributed by atoms with Gasteiger partial charge in [0.25, 0.3) is 0 Å². The van der Waals surface area contributed by atoms with Crippen LogP contribution in [0, 0.1) is 17.1 Å². The molecule has 0 aliphatic rings. The Balaban J connectivity index is 1.96. The Kier molecular flexibility index (Phi) is 3.65. The molecule has 0 bridgehead atoms. The second kappa shape index (κ2) is 5.38. The zero-order valence-corrected chi connectivity index (χ0v) is 10.00. The second-order valence-electron chi connectivity index (χ2n) is 3.49. The summed E-state index contributed by atoms with van der Waals surface area (Å²) in [5.74, 6) is -0.585. The quantitative estimate of drug-likeness (QED) is 0.922. The minimum absolute atomic E-state index is 0.141. The molecule has 2 rings (SSSR count). The molecule has 1 amide bonds. The zero-order valence-electron chi connectivity index (χ0n) is 9.18. The van der Waals surface area contributed by atoms with Crippen molar-refractivity contribution in [3.8, 4) is 6.07 Å². The summed E-state index contributed by atoms with van der Waals surface area (Å²) in [4.78, 5) is 16.0. The van der Waals surface area contributed by atoms with Gasteiger partial charge in [-0.25, -0.2) is 9.37 Å². The average molecular weight is 261 g/mol. The second-order valence-corrected chi connectivity index (χ2v) is 4.52. The van der Waals surface area contributed by atoms with Gasteiger partial charge in [0.2, 0.25) is 5.91 Å². The number of nitrogens with one attached hydrogen (secondary N) is 1. The minimum atomic E-state index is -0.335. The monoisotopic (exact) mass is 261 g/mol. The smallest absolute Gasteiger partial charge is 0.230 e. The fourth-order valence-corrected chi connectivity index (χ4v) is 1.96. The molecule has 18 heavy (non-hydrogen) atoms. The Morgan fingerprint density at radius 1 is 1.44 bits per heavy atom. The molecule has 0 spiro atoms. The highest BCUT2D eigenvalue weighted by atomic mass is 32.1. The van der Waals surface area contributed by atoms with Crippen LogP contribution < -0.4 is 5.32 Å². The van der Waals surface area contributed by atoms with E-state index in [0.717, 1.165) is 11.3 Å². The number of halogens is 1. The van der Waals surface area contributed by atoms with Crippen molar-refractivity contribution >= 4 is 22.4 Å². The van der Waals surface area contributed by atoms with Crippen LogP contribution in [0.5, 0.6) is 0 Å². The molecule has 1 aromatic heterocycles. The first kappa shape index (κ1) is 12.2. The summed E-state index contributed by atoms with van der Waals surface area (Å²) < 4.78 is 12.7. The molecule has 0 aliphatic heterocycles. The van der Waals surface area contributed by atoms with Crippen LogP contribution in [0.3, 0.4) is 0 Å². The molecule has 1 N–H and O–H groups in total. The van der Waals surface area contributed by atoms with Crippen molar-refractivity contribution in [1.82, 2.24) is 4.98 Å². The van der Waals surface area contributed by atoms with Gasteiger partial charge in [-0.2, -0.15) is 5.26 Å². The fraction of sp³-hybridized carbons (Fsp3) is 0.0833. The maximum atomic E-state index is 12.7. The first-order chi connectivity index (χ1) is 8.67. The van der Waals surface area contributed by atoms with Gasteiger partial charge in [-0.3, -0.25) is 4.79 Å². The number of nitriles is 1. The third kappa shape index (κ3) is 3.12. The number of rotatable bonds is 3. The van der Waals surface area contributed by atoms with Crippen molar-refractivity contribution in [3.63, 3.8) is 0 Å². The molecule has 0 saturated carbocycles. The van der Waals surface area contributed by atoms with Crippen LogP contribution in [0.15, 0.2) is 30.5 Å². The highest BCUT2D eigenvalue weighted by molar-refractivity contribution is 7.16. The highest BCUT2D eigenvalue weighted by Gasteiger charge is 2.07. The standard InChI is InChI=1S/C12H8FN3OS/c13-9-3-1-8(2-4-9)5-11(17)16-12-15-7-10(6-14)18-12/h1-4,7H,5H2,(H,15,16,17). The molecule has 2 aromatic rings. The molecular formula is C12H8FN3OS. The lowest BCUT2D eigenvalue weighted by molar-refractivity contribution is -0.115. The van der Waals surface area contributed by atoms with E-state index < -0.39 is 0 Å². The molecule has 6 heteroatoms. The topological polar surface area (TPSA) is 65.8 Å². The van der Waals surface area contributed by atoms with Gasteiger partial charge in [0.1, 0.15) is 16.8 Å². The predicted molar refractivity (Wildman–Crippen MR) is 65.6 cm³/mol. The Hall–Kier alpha value is -2.26. The lowest BCUT2D eigenvalue weighted by Gasteiger charge is -2.01. The van der Waals surface area contributed by atoms with E-state index in [0.29, 0.717) is 15.6 Å². The first-order valence-electron chi connectivity index (χ1n) is 5.07. The Morgan fingerprint density at radius 2 is 2.17 bits per heavy atom. The van der Waals surface area contributed by atoms with E-state index >= 15 is 0 Å². The number of aromatic nitrogens is 1. The van der Waals surface area contributed by atoms with Crippen LogP contribution in [-0.4, -0.2) is 10.9 Å². The number of thiazole rings is 1. The lowest BCUT2D eigenvalue weighted by atomic mass is 10.1. The third-order valence-corrected chi connectivity index (χ3v) is 2.96. The van der Waals surface area contributed by atoms with Crippen molar-refractivity contribution in [2.45, 2.75) is 6.42 Å². The Bertz CT molecular complexity index is 601. The zero-order chi connectivity index (χ0) is 13.0. The molecule has 0 aliphatic carbocycles. The molecule has 0 unspecified atom stereocenters. The molecule has 90 valence electrons. The number of hydrogen-bond donors (Lipinski definition) is 1. The fourth-order valence-electron chi connectivity index (χ4n) is 1.33. The van der Waals surface area contributed by atoms with Gasteiger partial charge in [-0.05, 0) is 17.7 Å². The molecule has 4 nitrogen and oxygen atoms in total. The number of benzene rings is 1. The third-order valence-electron chi connectivity index (χ3n) is 2.14. The van der Waals surface area contributed by atoms with Gasteiger partial charge in [0, 0.05) is 0 Å². The van der Waals surface area contributed by atoms with Crippen LogP contribution in [-0.2, 0) is 11.2 Å². The van der Waals surface area contributed by atoms with Crippen molar-refractivity contribution in [3.05, 3.63) is 46.7 Å². The van der Waals surface area contributed by atoms with E-state index in [1.54, 1.807) is 12.1 Å². The Morgan fingerprint density at radius 3 is 2.78 bits per heavy atom. The average Bonchev–Trinajstić information content (AvgIpc) is 2.79. The molecular weight excluding hydrogens is 253 g/mol. The van der Waals surface area contributed by atoms with Crippen molar-refractivity contribution in [2.75, 3.05) is 5.32 Å². The molecule has 0 fully saturated rings. The molecule has 0 atom stereocenters. The number of carbonyl (C=O) groups excluding carboxylic acids is 1. The maximum absolute atomic E-state index is 12.7. The summed E-state index contributed by atoms with van der Waals surface area (Å²) in [6.07, 6.45) is 1.54. The van der Waals surface area contributed by atoms with Crippen molar-refractivity contribution in [1.29, 1.82) is 5.26 Å². The lowest BCUT2D eigenvalue weighted by Crippen LogP contribution is -2.14. The van der Waals surface area contributed by atoms with E-state index in [1.807, 2.05) is 6.07 Å². The normalized spacial score (nSPS) is 9.78. The Labute approximate surface area is 107 Å². The van der Waals surface area contributed by atoms with E-state index in [-0.39, 0.29) is 18.1 Å². The molecule has 0 radical (unpaired) electrons. The van der Waals surface area contributed by atoms with Gasteiger partial charge >= 0.3 is 0 Å². The number of carbonyl (C=O) groups is 1. The largest absolute Gasteiger partial charge is 0.302 e. The SMILES string of the molecule is N#Cc1cnc(NC(=O)Cc2ccc(F)cc2)s1. The van der Waals surface area contributed by atoms with Gasteiger partial charge in [-0.15, -0.1) is 0 Å². The summed E-state index contributed by atoms with van der Waals surface area (Å²) in [6.45, 7) is 0. The van der Waals surface area contributed by atoms with Crippen LogP contribution in [0.1, 0.15) is 10.4 Å². The first-order valence-corrected chi connectivity index (χ1v) is 5.89. The number of amides is 1. The van der Waals surface area contributed by atoms with E-state index in [2.05, 4.69) is 10.3 Å². The predicted octanol–water partition coefficient (Wildman–Crippen LogP) is 2.34. The van der Waals surface area contributed by atoms with Crippen LogP contribution in [0.2, 0.25) is 0 Å². The molecule has 0 saturated heterocycles. The van der Waals surface area contributed by atoms with Crippen LogP contribution in [0.25, 0.3) is 0 Å². The summed E-state index contributed by atoms with van der Waals surface area (Å²) in [5.41, 5.74) is 0.714. The minimum Gasteiger partial charge on any atom is -0.302 e. The van der Waals surface area contributed by atoms with Crippen LogP contribution in [0.4, 0.5) is 9.52 Å². The van der Waals surface area contributed by atoms with Crippen molar-refractivity contribution < 1.29 is 9.18 Å². The number of hydrogen-bond acceptors (Lipinski definition) is 4. The summed E-state index contributed by atoms with van der Waals surface area (Å²) in [7, 11) is 0. The van der Waals surface area contributed by atoms with Gasteiger partial charge in [0.15, 0.2) is 5.13 Å². The number of nitrogens with zero attached hydrogens (tertiary/aromatic N) is 2. The van der Waals surface area contributed by atoms with Gasteiger partial charge < -0.3 is 5.32 Å². The number of anilines is 1. The summed E-state index contributed by atoms with van der Waals surface area (Å²) >= 11 is 1.11. The van der Waals surface area contributed by atoms with E-state index in [4.69, 9.17) is 5.26 Å². The van der Waals surface area contributed by atoms with E-state index in [9.17, 15) is 9.18 Å². The van der Waals surface area contributed by atoms with Crippen molar-refractivity contribution in [2.24, 2.45) is 0 Å². The van der Waals surface area contributed by atoms with E-state index in [1.165, 1.54) is 18.3 Å². The van der Waals surface area contributed by atoms with Gasteiger partial charge in [0.05, 0.1) is 12.6 Å². The molecule has 1 aromatic carbocycles. The highest BCUT2D eigenvalue weighted by Crippen LogP contribution is 2.17. The van der Waals surface area contributed by atoms with Crippen LogP contribution >= 0.6 is 11.3 Å². The summed E-state index contributed by atoms with van der Waals surface area (Å²) in [6, 6.07) is 7.66. The summed E-state index contributed by atoms with van der Waals surface area (Å²) in [5, 5.41) is 11.6. The van der Waals surface area contributed by atoms with Gasteiger partial charge in [-0.1, -0.05) is 23.5 Å².